The Morgan fingerprint density at radius 1 is 0.895 bits per heavy atom. The first-order valence-corrected chi connectivity index (χ1v) is 13.0. The summed E-state index contributed by atoms with van der Waals surface area (Å²) in [6.07, 6.45) is -7.94. The Morgan fingerprint density at radius 2 is 1.55 bits per heavy atom. The third-order valence-electron chi connectivity index (χ3n) is 6.60. The van der Waals surface area contributed by atoms with Gasteiger partial charge in [-0.3, -0.25) is 9.59 Å². The highest BCUT2D eigenvalue weighted by molar-refractivity contribution is 5.73. The zero-order chi connectivity index (χ0) is 28.2. The summed E-state index contributed by atoms with van der Waals surface area (Å²) in [7, 11) is 1.36. The van der Waals surface area contributed by atoms with Crippen LogP contribution in [-0.4, -0.2) is 131 Å². The van der Waals surface area contributed by atoms with Gasteiger partial charge in [0, 0.05) is 20.0 Å². The standard InChI is InChI=1S/C24H43NO13/c1-13(27)25-17-19(31)22(38-24-21(33)20(32)18(30)14(28)12-36-24)15(11-26)37-23(17)35-10-8-6-4-3-5-7-9-16(29)34-2/h14-15,17-24,26,28,30-33H,3-12H2,1-2H3,(H,25,27)/t14-,15-,17-,18+,19-,20+,21-,22-,23-,24+/m1/s1. The summed E-state index contributed by atoms with van der Waals surface area (Å²) < 4.78 is 27.1. The number of nitrogens with one attached hydrogen (secondary N) is 1. The number of ether oxygens (including phenoxy) is 5. The highest BCUT2D eigenvalue weighted by Crippen LogP contribution is 2.28. The van der Waals surface area contributed by atoms with E-state index in [-0.39, 0.29) is 12.6 Å². The Kier molecular flexibility index (Phi) is 14.3. The van der Waals surface area contributed by atoms with E-state index in [1.807, 2.05) is 0 Å². The van der Waals surface area contributed by atoms with Crippen molar-refractivity contribution >= 4 is 11.9 Å². The Morgan fingerprint density at radius 3 is 2.18 bits per heavy atom. The first kappa shape index (κ1) is 32.8. The summed E-state index contributed by atoms with van der Waals surface area (Å²) in [4.78, 5) is 22.9. The lowest BCUT2D eigenvalue weighted by molar-refractivity contribution is -0.316. The minimum atomic E-state index is -1.80. The van der Waals surface area contributed by atoms with Gasteiger partial charge in [-0.15, -0.1) is 0 Å². The molecular weight excluding hydrogens is 510 g/mol. The maximum absolute atomic E-state index is 11.8. The average Bonchev–Trinajstić information content (AvgIpc) is 2.98. The molecule has 1 amide bonds. The number of hydrogen-bond donors (Lipinski definition) is 7. The molecule has 0 bridgehead atoms. The molecule has 2 rings (SSSR count). The number of hydrogen-bond acceptors (Lipinski definition) is 13. The molecule has 10 atom stereocenters. The van der Waals surface area contributed by atoms with E-state index < -0.39 is 80.5 Å². The highest BCUT2D eigenvalue weighted by atomic mass is 16.7. The van der Waals surface area contributed by atoms with Crippen LogP contribution in [0.3, 0.4) is 0 Å². The second-order valence-electron chi connectivity index (χ2n) is 9.60. The molecule has 0 spiro atoms. The van der Waals surface area contributed by atoms with Crippen molar-refractivity contribution in [2.45, 2.75) is 113 Å². The SMILES string of the molecule is COC(=O)CCCCCCCCO[C@@H]1O[C@H](CO)[C@@H](O[C@@H]2OC[C@@H](O)[C@H](O)[C@H](O)[C@H]2O)[C@H](O)[C@H]1NC(C)=O. The van der Waals surface area contributed by atoms with Gasteiger partial charge in [-0.2, -0.15) is 0 Å². The zero-order valence-electron chi connectivity index (χ0n) is 21.9. The first-order chi connectivity index (χ1) is 18.1. The molecule has 2 aliphatic heterocycles. The van der Waals surface area contributed by atoms with Gasteiger partial charge >= 0.3 is 5.97 Å². The number of carbonyl (C=O) groups is 2. The highest BCUT2D eigenvalue weighted by Gasteiger charge is 2.50. The molecule has 2 fully saturated rings. The van der Waals surface area contributed by atoms with Crippen molar-refractivity contribution in [2.24, 2.45) is 0 Å². The second kappa shape index (κ2) is 16.6. The van der Waals surface area contributed by atoms with Gasteiger partial charge < -0.3 is 59.6 Å². The van der Waals surface area contributed by atoms with E-state index in [1.54, 1.807) is 0 Å². The smallest absolute Gasteiger partial charge is 0.305 e. The number of carbonyl (C=O) groups excluding carboxylic acids is 2. The molecule has 14 nitrogen and oxygen atoms in total. The molecule has 2 heterocycles. The predicted octanol–water partition coefficient (Wildman–Crippen LogP) is -2.33. The Labute approximate surface area is 221 Å². The molecule has 2 saturated heterocycles. The van der Waals surface area contributed by atoms with Gasteiger partial charge in [0.05, 0.1) is 20.3 Å². The van der Waals surface area contributed by atoms with E-state index in [4.69, 9.17) is 18.9 Å². The van der Waals surface area contributed by atoms with Crippen molar-refractivity contribution in [3.05, 3.63) is 0 Å². The van der Waals surface area contributed by atoms with E-state index in [0.717, 1.165) is 32.1 Å². The first-order valence-electron chi connectivity index (χ1n) is 13.0. The molecule has 0 aliphatic carbocycles. The van der Waals surface area contributed by atoms with Gasteiger partial charge in [-0.1, -0.05) is 25.7 Å². The lowest BCUT2D eigenvalue weighted by Crippen LogP contribution is -2.66. The number of esters is 1. The molecule has 38 heavy (non-hydrogen) atoms. The maximum atomic E-state index is 11.8. The third-order valence-corrected chi connectivity index (χ3v) is 6.60. The van der Waals surface area contributed by atoms with E-state index in [2.05, 4.69) is 10.1 Å². The molecule has 0 unspecified atom stereocenters. The summed E-state index contributed by atoms with van der Waals surface area (Å²) in [6.45, 7) is 0.414. The molecule has 2 aliphatic rings. The monoisotopic (exact) mass is 553 g/mol. The molecule has 0 aromatic heterocycles. The van der Waals surface area contributed by atoms with Crippen molar-refractivity contribution in [3.8, 4) is 0 Å². The Balaban J connectivity index is 1.91. The van der Waals surface area contributed by atoms with Gasteiger partial charge in [-0.05, 0) is 12.8 Å². The number of unbranched alkanes of at least 4 members (excludes halogenated alkanes) is 5. The van der Waals surface area contributed by atoms with Crippen molar-refractivity contribution in [1.29, 1.82) is 0 Å². The van der Waals surface area contributed by atoms with Crippen LogP contribution in [-0.2, 0) is 33.3 Å². The van der Waals surface area contributed by atoms with Crippen LogP contribution in [0, 0.1) is 0 Å². The number of aliphatic hydroxyl groups excluding tert-OH is 6. The normalized spacial score (nSPS) is 35.9. The summed E-state index contributed by atoms with van der Waals surface area (Å²) in [5.74, 6) is -0.699. The van der Waals surface area contributed by atoms with E-state index in [1.165, 1.54) is 14.0 Å². The van der Waals surface area contributed by atoms with Gasteiger partial charge in [0.2, 0.25) is 5.91 Å². The summed E-state index contributed by atoms with van der Waals surface area (Å²) in [6, 6.07) is -1.09. The van der Waals surface area contributed by atoms with Crippen molar-refractivity contribution < 1.29 is 63.9 Å². The van der Waals surface area contributed by atoms with E-state index in [9.17, 15) is 40.2 Å². The Hall–Kier alpha value is -1.46. The number of rotatable bonds is 14. The van der Waals surface area contributed by atoms with Crippen LogP contribution in [0.2, 0.25) is 0 Å². The summed E-state index contributed by atoms with van der Waals surface area (Å²) in [5.41, 5.74) is 0. The van der Waals surface area contributed by atoms with Crippen LogP contribution in [0.25, 0.3) is 0 Å². The number of methoxy groups -OCH3 is 1. The predicted molar refractivity (Wildman–Crippen MR) is 128 cm³/mol. The molecule has 0 radical (unpaired) electrons. The molecule has 0 saturated carbocycles. The fourth-order valence-corrected chi connectivity index (χ4v) is 4.40. The van der Waals surface area contributed by atoms with E-state index in [0.29, 0.717) is 12.8 Å². The minimum Gasteiger partial charge on any atom is -0.469 e. The largest absolute Gasteiger partial charge is 0.469 e. The summed E-state index contributed by atoms with van der Waals surface area (Å²) in [5, 5.41) is 63.6. The second-order valence-corrected chi connectivity index (χ2v) is 9.60. The quantitative estimate of drug-likeness (QED) is 0.0889. The minimum absolute atomic E-state index is 0.219. The van der Waals surface area contributed by atoms with Crippen molar-refractivity contribution in [3.63, 3.8) is 0 Å². The van der Waals surface area contributed by atoms with Crippen molar-refractivity contribution in [2.75, 3.05) is 26.9 Å². The van der Waals surface area contributed by atoms with Crippen molar-refractivity contribution in [1.82, 2.24) is 5.32 Å². The lowest BCUT2D eigenvalue weighted by Gasteiger charge is -2.45. The van der Waals surface area contributed by atoms with Gasteiger partial charge in [0.15, 0.2) is 12.6 Å². The van der Waals surface area contributed by atoms with E-state index >= 15 is 0 Å². The molecule has 7 N–H and O–H groups in total. The third kappa shape index (κ3) is 9.62. The maximum Gasteiger partial charge on any atom is 0.305 e. The number of aliphatic hydroxyl groups is 6. The van der Waals surface area contributed by atoms with Crippen LogP contribution >= 0.6 is 0 Å². The van der Waals surface area contributed by atoms with Crippen LogP contribution in [0.4, 0.5) is 0 Å². The molecular formula is C24H43NO13. The van der Waals surface area contributed by atoms with Gasteiger partial charge in [0.1, 0.15) is 48.8 Å². The van der Waals surface area contributed by atoms with Crippen LogP contribution in [0.5, 0.6) is 0 Å². The molecule has 14 heteroatoms. The van der Waals surface area contributed by atoms with Crippen LogP contribution < -0.4 is 5.32 Å². The Bertz CT molecular complexity index is 713. The fraction of sp³-hybridized carbons (Fsp3) is 0.917. The van der Waals surface area contributed by atoms with Crippen LogP contribution in [0.15, 0.2) is 0 Å². The molecule has 222 valence electrons. The average molecular weight is 554 g/mol. The zero-order valence-corrected chi connectivity index (χ0v) is 21.9. The topological polar surface area (TPSA) is 214 Å². The van der Waals surface area contributed by atoms with Gasteiger partial charge in [0.25, 0.3) is 0 Å². The molecule has 0 aromatic carbocycles. The fourth-order valence-electron chi connectivity index (χ4n) is 4.40. The van der Waals surface area contributed by atoms with Crippen LogP contribution in [0.1, 0.15) is 51.9 Å². The molecule has 0 aromatic rings. The summed E-state index contributed by atoms with van der Waals surface area (Å²) >= 11 is 0. The number of amides is 1. The van der Waals surface area contributed by atoms with Gasteiger partial charge in [-0.25, -0.2) is 0 Å². The lowest BCUT2D eigenvalue weighted by atomic mass is 9.96.